The van der Waals surface area contributed by atoms with Crippen LogP contribution in [0.3, 0.4) is 0 Å². The number of hydrogen-bond donors (Lipinski definition) is 1. The lowest BCUT2D eigenvalue weighted by molar-refractivity contribution is -0.384. The van der Waals surface area contributed by atoms with Crippen molar-refractivity contribution < 1.29 is 9.66 Å². The molecule has 0 aliphatic carbocycles. The molecule has 4 rings (SSSR count). The van der Waals surface area contributed by atoms with Crippen molar-refractivity contribution in [3.63, 3.8) is 0 Å². The summed E-state index contributed by atoms with van der Waals surface area (Å²) in [4.78, 5) is 16.4. The molecule has 0 unspecified atom stereocenters. The topological polar surface area (TPSA) is 89.7 Å². The van der Waals surface area contributed by atoms with Gasteiger partial charge in [0.05, 0.1) is 28.8 Å². The highest BCUT2D eigenvalue weighted by Crippen LogP contribution is 2.40. The van der Waals surface area contributed by atoms with Crippen LogP contribution in [0, 0.1) is 24.0 Å². The molecule has 0 aliphatic heterocycles. The highest BCUT2D eigenvalue weighted by atomic mass is 32.1. The molecule has 0 saturated heterocycles. The maximum Gasteiger partial charge on any atom is 0.269 e. The van der Waals surface area contributed by atoms with E-state index in [0.717, 1.165) is 38.6 Å². The minimum Gasteiger partial charge on any atom is -0.497 e. The van der Waals surface area contributed by atoms with E-state index < -0.39 is 4.92 Å². The molecule has 1 heterocycles. The van der Waals surface area contributed by atoms with Crippen molar-refractivity contribution in [1.29, 1.82) is 0 Å². The van der Waals surface area contributed by atoms with Gasteiger partial charge >= 0.3 is 0 Å². The molecule has 1 N–H and O–H groups in total. The summed E-state index contributed by atoms with van der Waals surface area (Å²) in [5.41, 5.74) is 8.96. The maximum atomic E-state index is 11.1. The predicted molar refractivity (Wildman–Crippen MR) is 133 cm³/mol. The number of nitrogens with one attached hydrogen (secondary N) is 1. The number of aromatic nitrogens is 1. The first kappa shape index (κ1) is 22.2. The smallest absolute Gasteiger partial charge is 0.269 e. The van der Waals surface area contributed by atoms with Gasteiger partial charge in [0.25, 0.3) is 5.69 Å². The van der Waals surface area contributed by atoms with Crippen molar-refractivity contribution in [3.05, 3.63) is 93.5 Å². The van der Waals surface area contributed by atoms with E-state index in [-0.39, 0.29) is 5.69 Å². The Morgan fingerprint density at radius 3 is 2.42 bits per heavy atom. The van der Waals surface area contributed by atoms with E-state index in [1.807, 2.05) is 24.3 Å². The number of aryl methyl sites for hydroxylation is 2. The van der Waals surface area contributed by atoms with Crippen molar-refractivity contribution >= 4 is 28.4 Å². The molecule has 7 nitrogen and oxygen atoms in total. The molecule has 166 valence electrons. The van der Waals surface area contributed by atoms with Gasteiger partial charge < -0.3 is 4.74 Å². The molecule has 0 fully saturated rings. The number of hydrogen-bond acceptors (Lipinski definition) is 7. The Bertz CT molecular complexity index is 1310. The number of benzene rings is 3. The van der Waals surface area contributed by atoms with Gasteiger partial charge in [-0.1, -0.05) is 35.1 Å². The summed E-state index contributed by atoms with van der Waals surface area (Å²) in [6, 6.07) is 20.3. The number of rotatable bonds is 7. The van der Waals surface area contributed by atoms with Crippen molar-refractivity contribution in [1.82, 2.24) is 4.98 Å². The lowest BCUT2D eigenvalue weighted by atomic mass is 10.0. The van der Waals surface area contributed by atoms with Crippen LogP contribution in [-0.4, -0.2) is 23.2 Å². The number of nitro benzene ring substituents is 1. The third kappa shape index (κ3) is 5.07. The number of ether oxygens (including phenoxy) is 1. The molecule has 0 bridgehead atoms. The summed E-state index contributed by atoms with van der Waals surface area (Å²) >= 11 is 1.45. The van der Waals surface area contributed by atoms with Gasteiger partial charge in [0, 0.05) is 17.7 Å². The van der Waals surface area contributed by atoms with E-state index in [1.54, 1.807) is 25.5 Å². The molecule has 0 spiro atoms. The van der Waals surface area contributed by atoms with E-state index >= 15 is 0 Å². The minimum atomic E-state index is -0.400. The molecule has 0 atom stereocenters. The summed E-state index contributed by atoms with van der Waals surface area (Å²) < 4.78 is 5.17. The first-order valence-electron chi connectivity index (χ1n) is 10.2. The van der Waals surface area contributed by atoms with Crippen LogP contribution in [0.5, 0.6) is 5.75 Å². The van der Waals surface area contributed by atoms with Gasteiger partial charge in [-0.05, 0) is 66.9 Å². The number of nitro groups is 1. The molecule has 4 aromatic rings. The molecule has 33 heavy (non-hydrogen) atoms. The molecular formula is C25H22N4O3S. The van der Waals surface area contributed by atoms with Crippen LogP contribution in [-0.2, 0) is 0 Å². The fourth-order valence-corrected chi connectivity index (χ4v) is 4.35. The van der Waals surface area contributed by atoms with Crippen LogP contribution in [0.1, 0.15) is 16.7 Å². The Hall–Kier alpha value is -4.04. The molecule has 1 aromatic heterocycles. The molecular weight excluding hydrogens is 436 g/mol. The largest absolute Gasteiger partial charge is 0.497 e. The van der Waals surface area contributed by atoms with Crippen molar-refractivity contribution in [3.8, 4) is 27.4 Å². The second-order valence-corrected chi connectivity index (χ2v) is 8.46. The van der Waals surface area contributed by atoms with Crippen molar-refractivity contribution in [2.45, 2.75) is 13.8 Å². The van der Waals surface area contributed by atoms with Gasteiger partial charge in [-0.3, -0.25) is 15.5 Å². The average molecular weight is 459 g/mol. The van der Waals surface area contributed by atoms with Crippen LogP contribution in [0.15, 0.2) is 71.8 Å². The van der Waals surface area contributed by atoms with E-state index in [0.29, 0.717) is 5.13 Å². The van der Waals surface area contributed by atoms with E-state index in [1.165, 1.54) is 29.0 Å². The third-order valence-corrected chi connectivity index (χ3v) is 6.10. The molecule has 0 saturated carbocycles. The zero-order valence-corrected chi connectivity index (χ0v) is 19.2. The Balaban J connectivity index is 1.68. The third-order valence-electron chi connectivity index (χ3n) is 5.09. The van der Waals surface area contributed by atoms with E-state index in [2.05, 4.69) is 42.6 Å². The monoisotopic (exact) mass is 458 g/mol. The molecule has 0 radical (unpaired) electrons. The summed E-state index contributed by atoms with van der Waals surface area (Å²) in [5.74, 6) is 0.783. The van der Waals surface area contributed by atoms with Crippen molar-refractivity contribution in [2.75, 3.05) is 12.5 Å². The van der Waals surface area contributed by atoms with Gasteiger partial charge in [-0.2, -0.15) is 5.10 Å². The van der Waals surface area contributed by atoms with E-state index in [4.69, 9.17) is 9.72 Å². The fourth-order valence-electron chi connectivity index (χ4n) is 3.41. The normalized spacial score (nSPS) is 11.0. The summed E-state index contributed by atoms with van der Waals surface area (Å²) in [7, 11) is 1.63. The summed E-state index contributed by atoms with van der Waals surface area (Å²) in [6.07, 6.45) is 1.71. The zero-order valence-electron chi connectivity index (χ0n) is 18.4. The lowest BCUT2D eigenvalue weighted by Crippen LogP contribution is -1.91. The Morgan fingerprint density at radius 1 is 1.06 bits per heavy atom. The fraction of sp³-hybridized carbons (Fsp3) is 0.120. The van der Waals surface area contributed by atoms with Crippen LogP contribution >= 0.6 is 11.3 Å². The highest BCUT2D eigenvalue weighted by molar-refractivity contribution is 7.19. The first-order chi connectivity index (χ1) is 15.9. The number of methoxy groups -OCH3 is 1. The van der Waals surface area contributed by atoms with Crippen LogP contribution < -0.4 is 10.2 Å². The number of anilines is 1. The summed E-state index contributed by atoms with van der Waals surface area (Å²) in [6.45, 7) is 4.10. The Labute approximate surface area is 195 Å². The zero-order chi connectivity index (χ0) is 23.4. The van der Waals surface area contributed by atoms with Gasteiger partial charge in [0.1, 0.15) is 5.75 Å². The Morgan fingerprint density at radius 2 is 1.79 bits per heavy atom. The molecule has 3 aromatic carbocycles. The quantitative estimate of drug-likeness (QED) is 0.195. The maximum absolute atomic E-state index is 11.1. The van der Waals surface area contributed by atoms with Gasteiger partial charge in [0.2, 0.25) is 5.13 Å². The second kappa shape index (κ2) is 9.62. The molecule has 8 heteroatoms. The number of non-ortho nitro benzene ring substituents is 1. The molecule has 0 amide bonds. The van der Waals surface area contributed by atoms with Gasteiger partial charge in [-0.15, -0.1) is 0 Å². The standard InChI is InChI=1S/C25H22N4O3S/c1-16-4-13-22(17(2)14-16)23-24(19-7-9-20(10-8-19)29(30)31)33-25(27-23)28-26-15-18-5-11-21(32-3)12-6-18/h4-15H,1-3H3,(H,27,28)/b26-15-. The van der Waals surface area contributed by atoms with Crippen LogP contribution in [0.4, 0.5) is 10.8 Å². The van der Waals surface area contributed by atoms with Gasteiger partial charge in [-0.25, -0.2) is 4.98 Å². The average Bonchev–Trinajstić information content (AvgIpc) is 3.23. The number of hydrazone groups is 1. The predicted octanol–water partition coefficient (Wildman–Crippen LogP) is 6.46. The number of nitrogens with zero attached hydrogens (tertiary/aromatic N) is 3. The number of thiazole rings is 1. The Kier molecular flexibility index (Phi) is 6.46. The van der Waals surface area contributed by atoms with Crippen LogP contribution in [0.2, 0.25) is 0 Å². The van der Waals surface area contributed by atoms with Crippen LogP contribution in [0.25, 0.3) is 21.7 Å². The first-order valence-corrected chi connectivity index (χ1v) is 11.0. The SMILES string of the molecule is COc1ccc(/C=N\Nc2nc(-c3ccc(C)cc3C)c(-c3ccc([N+](=O)[O-])cc3)s2)cc1. The minimum absolute atomic E-state index is 0.0544. The van der Waals surface area contributed by atoms with Crippen molar-refractivity contribution in [2.24, 2.45) is 5.10 Å². The molecule has 0 aliphatic rings. The lowest BCUT2D eigenvalue weighted by Gasteiger charge is -2.07. The summed E-state index contributed by atoms with van der Waals surface area (Å²) in [5, 5.41) is 16.0. The second-order valence-electron chi connectivity index (χ2n) is 7.46. The van der Waals surface area contributed by atoms with E-state index in [9.17, 15) is 10.1 Å². The van der Waals surface area contributed by atoms with Gasteiger partial charge in [0.15, 0.2) is 0 Å². The highest BCUT2D eigenvalue weighted by Gasteiger charge is 2.17.